The summed E-state index contributed by atoms with van der Waals surface area (Å²) in [5, 5.41) is 12.0. The molecule has 1 N–H and O–H groups in total. The number of carbonyl (C=O) groups is 1. The minimum Gasteiger partial charge on any atom is -0.493 e. The molecule has 2 aromatic heterocycles. The van der Waals surface area contributed by atoms with Gasteiger partial charge in [-0.2, -0.15) is 0 Å². The summed E-state index contributed by atoms with van der Waals surface area (Å²) in [4.78, 5) is 26.5. The van der Waals surface area contributed by atoms with Crippen molar-refractivity contribution in [3.63, 3.8) is 0 Å². The van der Waals surface area contributed by atoms with Gasteiger partial charge < -0.3 is 14.5 Å². The topological polar surface area (TPSA) is 104 Å². The zero-order valence-corrected chi connectivity index (χ0v) is 22.4. The van der Waals surface area contributed by atoms with Crippen LogP contribution in [0.3, 0.4) is 0 Å². The molecule has 1 aliphatic rings. The standard InChI is InChI=1S/C28H30ClN5O4/c1-4-37-23-14-13-20(29)16-22(23)27-32-31-26(38-27)19-10-8-9-18(15-19)25(35)30-24-17(2)33(3)34(28(24)36)21-11-6-5-7-12-21/h5-7,11-14,16,18-19H,4,8-10,15H2,1-3H3,(H,30,35)/t18?,19-/m0/s1. The average molecular weight is 536 g/mol. The smallest absolute Gasteiger partial charge is 0.295 e. The van der Waals surface area contributed by atoms with E-state index in [0.29, 0.717) is 52.5 Å². The average Bonchev–Trinajstić information content (AvgIpc) is 3.50. The lowest BCUT2D eigenvalue weighted by molar-refractivity contribution is -0.121. The summed E-state index contributed by atoms with van der Waals surface area (Å²) in [7, 11) is 1.81. The predicted molar refractivity (Wildman–Crippen MR) is 145 cm³/mol. The van der Waals surface area contributed by atoms with Crippen LogP contribution in [0.1, 0.15) is 50.1 Å². The van der Waals surface area contributed by atoms with Gasteiger partial charge in [0.15, 0.2) is 0 Å². The van der Waals surface area contributed by atoms with Gasteiger partial charge in [0.2, 0.25) is 11.8 Å². The molecule has 9 nitrogen and oxygen atoms in total. The maximum atomic E-state index is 13.3. The molecule has 1 fully saturated rings. The minimum atomic E-state index is -0.279. The van der Waals surface area contributed by atoms with Crippen molar-refractivity contribution >= 4 is 23.2 Å². The van der Waals surface area contributed by atoms with Crippen molar-refractivity contribution in [1.82, 2.24) is 19.6 Å². The Balaban J connectivity index is 1.33. The van der Waals surface area contributed by atoms with Crippen molar-refractivity contribution in [2.75, 3.05) is 11.9 Å². The van der Waals surface area contributed by atoms with Crippen LogP contribution >= 0.6 is 11.6 Å². The van der Waals surface area contributed by atoms with E-state index in [1.165, 1.54) is 0 Å². The zero-order chi connectivity index (χ0) is 26.8. The van der Waals surface area contributed by atoms with Crippen LogP contribution in [0.2, 0.25) is 5.02 Å². The third kappa shape index (κ3) is 4.98. The highest BCUT2D eigenvalue weighted by Crippen LogP contribution is 2.38. The van der Waals surface area contributed by atoms with Crippen molar-refractivity contribution in [1.29, 1.82) is 0 Å². The van der Waals surface area contributed by atoms with E-state index in [1.54, 1.807) is 34.6 Å². The Morgan fingerprint density at radius 3 is 2.74 bits per heavy atom. The summed E-state index contributed by atoms with van der Waals surface area (Å²) in [6.07, 6.45) is 2.96. The van der Waals surface area contributed by atoms with Crippen LogP contribution in [-0.2, 0) is 11.8 Å². The maximum absolute atomic E-state index is 13.3. The van der Waals surface area contributed by atoms with Crippen molar-refractivity contribution in [2.24, 2.45) is 13.0 Å². The Bertz CT molecular complexity index is 1510. The van der Waals surface area contributed by atoms with E-state index in [4.69, 9.17) is 20.8 Å². The van der Waals surface area contributed by atoms with Crippen molar-refractivity contribution in [3.05, 3.63) is 75.5 Å². The molecule has 1 amide bonds. The van der Waals surface area contributed by atoms with Gasteiger partial charge in [0.05, 0.1) is 23.6 Å². The summed E-state index contributed by atoms with van der Waals surface area (Å²) in [6.45, 7) is 4.22. The Morgan fingerprint density at radius 2 is 1.97 bits per heavy atom. The molecule has 0 spiro atoms. The SMILES string of the molecule is CCOc1ccc(Cl)cc1-c1nnc([C@H]2CCCC(C(=O)Nc3c(C)n(C)n(-c4ccccc4)c3=O)C2)o1. The van der Waals surface area contributed by atoms with E-state index in [2.05, 4.69) is 15.5 Å². The van der Waals surface area contributed by atoms with Crippen LogP contribution < -0.4 is 15.6 Å². The van der Waals surface area contributed by atoms with Crippen molar-refractivity contribution in [3.8, 4) is 22.9 Å². The van der Waals surface area contributed by atoms with Crippen LogP contribution in [0, 0.1) is 12.8 Å². The number of para-hydroxylation sites is 1. The Labute approximate surface area is 225 Å². The number of halogens is 1. The first-order chi connectivity index (χ1) is 18.4. The van der Waals surface area contributed by atoms with E-state index in [0.717, 1.165) is 24.9 Å². The molecular formula is C28H30ClN5O4. The Hall–Kier alpha value is -3.85. The number of rotatable bonds is 7. The normalized spacial score (nSPS) is 17.4. The van der Waals surface area contributed by atoms with Gasteiger partial charge in [0.25, 0.3) is 11.4 Å². The first-order valence-corrected chi connectivity index (χ1v) is 13.2. The summed E-state index contributed by atoms with van der Waals surface area (Å²) in [6, 6.07) is 14.6. The molecule has 1 saturated carbocycles. The predicted octanol–water partition coefficient (Wildman–Crippen LogP) is 5.50. The molecule has 0 aliphatic heterocycles. The summed E-state index contributed by atoms with van der Waals surface area (Å²) >= 11 is 6.20. The number of anilines is 1. The van der Waals surface area contributed by atoms with E-state index < -0.39 is 0 Å². The van der Waals surface area contributed by atoms with Gasteiger partial charge in [-0.25, -0.2) is 4.68 Å². The highest BCUT2D eigenvalue weighted by Gasteiger charge is 2.32. The van der Waals surface area contributed by atoms with E-state index in [1.807, 2.05) is 44.2 Å². The number of benzene rings is 2. The number of carbonyl (C=O) groups excluding carboxylic acids is 1. The van der Waals surface area contributed by atoms with Crippen molar-refractivity contribution in [2.45, 2.75) is 45.4 Å². The van der Waals surface area contributed by atoms with Gasteiger partial charge in [-0.05, 0) is 63.4 Å². The molecule has 2 atom stereocenters. The zero-order valence-electron chi connectivity index (χ0n) is 21.6. The lowest BCUT2D eigenvalue weighted by Gasteiger charge is -2.26. The van der Waals surface area contributed by atoms with Gasteiger partial charge in [0.1, 0.15) is 11.4 Å². The molecule has 0 saturated heterocycles. The fourth-order valence-corrected chi connectivity index (χ4v) is 5.22. The number of nitrogens with one attached hydrogen (secondary N) is 1. The van der Waals surface area contributed by atoms with Crippen LogP contribution in [0.25, 0.3) is 17.1 Å². The second-order valence-electron chi connectivity index (χ2n) is 9.51. The van der Waals surface area contributed by atoms with Crippen LogP contribution in [0.5, 0.6) is 5.75 Å². The summed E-state index contributed by atoms with van der Waals surface area (Å²) in [5.74, 6) is 0.925. The fourth-order valence-electron chi connectivity index (χ4n) is 5.05. The molecule has 1 aliphatic carbocycles. The van der Waals surface area contributed by atoms with Crippen LogP contribution in [-0.4, -0.2) is 32.1 Å². The third-order valence-corrected chi connectivity index (χ3v) is 7.34. The first kappa shape index (κ1) is 25.8. The second-order valence-corrected chi connectivity index (χ2v) is 9.94. The first-order valence-electron chi connectivity index (χ1n) is 12.8. The quantitative estimate of drug-likeness (QED) is 0.335. The molecule has 198 valence electrons. The van der Waals surface area contributed by atoms with Crippen LogP contribution in [0.4, 0.5) is 5.69 Å². The van der Waals surface area contributed by atoms with Gasteiger partial charge in [-0.15, -0.1) is 10.2 Å². The number of amides is 1. The molecule has 2 aromatic carbocycles. The third-order valence-electron chi connectivity index (χ3n) is 7.11. The number of nitrogens with zero attached hydrogens (tertiary/aromatic N) is 4. The highest BCUT2D eigenvalue weighted by atomic mass is 35.5. The molecule has 4 aromatic rings. The number of hydrogen-bond acceptors (Lipinski definition) is 6. The maximum Gasteiger partial charge on any atom is 0.295 e. The van der Waals surface area contributed by atoms with Gasteiger partial charge >= 0.3 is 0 Å². The lowest BCUT2D eigenvalue weighted by atomic mass is 9.81. The summed E-state index contributed by atoms with van der Waals surface area (Å²) in [5.41, 5.74) is 2.10. The largest absolute Gasteiger partial charge is 0.493 e. The molecule has 0 radical (unpaired) electrons. The number of aromatic nitrogens is 4. The lowest BCUT2D eigenvalue weighted by Crippen LogP contribution is -2.30. The molecule has 2 heterocycles. The molecule has 0 bridgehead atoms. The molecular weight excluding hydrogens is 506 g/mol. The van der Waals surface area contributed by atoms with Gasteiger partial charge in [-0.1, -0.05) is 36.2 Å². The van der Waals surface area contributed by atoms with E-state index in [-0.39, 0.29) is 23.3 Å². The molecule has 10 heteroatoms. The molecule has 5 rings (SSSR count). The van der Waals surface area contributed by atoms with Gasteiger partial charge in [0, 0.05) is 23.9 Å². The van der Waals surface area contributed by atoms with Gasteiger partial charge in [-0.3, -0.25) is 14.3 Å². The van der Waals surface area contributed by atoms with E-state index in [9.17, 15) is 9.59 Å². The summed E-state index contributed by atoms with van der Waals surface area (Å²) < 4.78 is 15.1. The molecule has 38 heavy (non-hydrogen) atoms. The van der Waals surface area contributed by atoms with E-state index >= 15 is 0 Å². The number of ether oxygens (including phenoxy) is 1. The van der Waals surface area contributed by atoms with Crippen LogP contribution in [0.15, 0.2) is 57.7 Å². The second kappa shape index (κ2) is 10.9. The Morgan fingerprint density at radius 1 is 1.18 bits per heavy atom. The minimum absolute atomic E-state index is 0.0617. The monoisotopic (exact) mass is 535 g/mol. The Kier molecular flexibility index (Phi) is 7.37. The fraction of sp³-hybridized carbons (Fsp3) is 0.357. The number of hydrogen-bond donors (Lipinski definition) is 1. The highest BCUT2D eigenvalue weighted by molar-refractivity contribution is 6.30. The van der Waals surface area contributed by atoms with Crippen molar-refractivity contribution < 1.29 is 13.9 Å². The molecule has 1 unspecified atom stereocenters.